The highest BCUT2D eigenvalue weighted by Crippen LogP contribution is 2.32. The second-order valence-corrected chi connectivity index (χ2v) is 6.67. The summed E-state index contributed by atoms with van der Waals surface area (Å²) in [5.74, 6) is -0.636. The van der Waals surface area contributed by atoms with Gasteiger partial charge in [-0.05, 0) is 25.8 Å². The van der Waals surface area contributed by atoms with Gasteiger partial charge in [-0.15, -0.1) is 0 Å². The lowest BCUT2D eigenvalue weighted by molar-refractivity contribution is -0.223. The highest BCUT2D eigenvalue weighted by Gasteiger charge is 2.47. The van der Waals surface area contributed by atoms with Crippen molar-refractivity contribution in [3.8, 4) is 0 Å². The van der Waals surface area contributed by atoms with Crippen LogP contribution in [0.5, 0.6) is 0 Å². The Morgan fingerprint density at radius 1 is 1.35 bits per heavy atom. The van der Waals surface area contributed by atoms with Gasteiger partial charge in [-0.3, -0.25) is 9.69 Å². The summed E-state index contributed by atoms with van der Waals surface area (Å²) < 4.78 is 60.4. The van der Waals surface area contributed by atoms with Crippen molar-refractivity contribution < 1.29 is 36.5 Å². The summed E-state index contributed by atoms with van der Waals surface area (Å²) in [4.78, 5) is 14.7. The molecule has 0 bridgehead atoms. The van der Waals surface area contributed by atoms with Crippen LogP contribution in [0.15, 0.2) is 22.1 Å². The van der Waals surface area contributed by atoms with Crippen molar-refractivity contribution in [1.29, 1.82) is 0 Å². The number of rotatable bonds is 8. The number of nitrogens with two attached hydrogens (primary N) is 1. The molecule has 0 unspecified atom stereocenters. The maximum atomic E-state index is 12.6. The molecule has 0 aliphatic rings. The molecule has 0 fully saturated rings. The summed E-state index contributed by atoms with van der Waals surface area (Å²) in [5, 5.41) is 8.86. The second-order valence-electron chi connectivity index (χ2n) is 4.59. The number of hydrogen-bond donors (Lipinski definition) is 2. The van der Waals surface area contributed by atoms with Crippen molar-refractivity contribution in [1.82, 2.24) is 4.90 Å². The second kappa shape index (κ2) is 8.20. The zero-order valence-electron chi connectivity index (χ0n) is 12.8. The van der Waals surface area contributed by atoms with Crippen LogP contribution in [0.3, 0.4) is 0 Å². The lowest BCUT2D eigenvalue weighted by Crippen LogP contribution is -2.29. The van der Waals surface area contributed by atoms with Crippen molar-refractivity contribution in [3.05, 3.63) is 22.1 Å². The molecule has 0 saturated heterocycles. The Morgan fingerprint density at radius 3 is 2.22 bits per heavy atom. The number of carbonyl (C=O) groups excluding carboxylic acids is 1. The molecule has 0 aromatic carbocycles. The Labute approximate surface area is 132 Å². The lowest BCUT2D eigenvalue weighted by Gasteiger charge is -2.20. The average Bonchev–Trinajstić information content (AvgIpc) is 2.48. The predicted octanol–water partition coefficient (Wildman–Crippen LogP) is 2.09. The van der Waals surface area contributed by atoms with E-state index in [1.165, 1.54) is 0 Å². The van der Waals surface area contributed by atoms with Gasteiger partial charge in [0.2, 0.25) is 6.41 Å². The monoisotopic (exact) mass is 360 g/mol. The first kappa shape index (κ1) is 21.2. The molecule has 23 heavy (non-hydrogen) atoms. The standard InChI is InChI=1S/C12H19F3N2O5S/c1-4-5-6-17(7-18)11(22-19)10(16)8(2)9(3)23(20,21)12(13,14)15/h7,19H,4-6,16H2,1-3H3/b9-8+,11-10-. The van der Waals surface area contributed by atoms with Gasteiger partial charge in [0.1, 0.15) is 5.70 Å². The molecule has 0 aromatic heterocycles. The van der Waals surface area contributed by atoms with Crippen molar-refractivity contribution >= 4 is 16.2 Å². The largest absolute Gasteiger partial charge is 0.501 e. The molecule has 0 rings (SSSR count). The first-order chi connectivity index (χ1) is 10.5. The first-order valence-corrected chi connectivity index (χ1v) is 7.96. The third kappa shape index (κ3) is 4.86. The van der Waals surface area contributed by atoms with Crippen molar-refractivity contribution in [3.63, 3.8) is 0 Å². The van der Waals surface area contributed by atoms with E-state index in [4.69, 9.17) is 11.0 Å². The minimum Gasteiger partial charge on any atom is -0.394 e. The predicted molar refractivity (Wildman–Crippen MR) is 76.0 cm³/mol. The number of amides is 1. The Morgan fingerprint density at radius 2 is 1.87 bits per heavy atom. The van der Waals surface area contributed by atoms with E-state index in [-0.39, 0.29) is 13.0 Å². The molecule has 3 N–H and O–H groups in total. The zero-order valence-corrected chi connectivity index (χ0v) is 13.7. The van der Waals surface area contributed by atoms with Gasteiger partial charge >= 0.3 is 5.51 Å². The lowest BCUT2D eigenvalue weighted by atomic mass is 10.2. The molecule has 0 aromatic rings. The van der Waals surface area contributed by atoms with E-state index in [1.807, 2.05) is 6.92 Å². The van der Waals surface area contributed by atoms with Gasteiger partial charge in [0.15, 0.2) is 0 Å². The van der Waals surface area contributed by atoms with Crippen LogP contribution in [-0.2, 0) is 19.5 Å². The van der Waals surface area contributed by atoms with Crippen LogP contribution >= 0.6 is 0 Å². The third-order valence-electron chi connectivity index (χ3n) is 3.10. The number of halogens is 3. The van der Waals surface area contributed by atoms with E-state index in [1.54, 1.807) is 0 Å². The Kier molecular flexibility index (Phi) is 7.58. The first-order valence-electron chi connectivity index (χ1n) is 6.47. The van der Waals surface area contributed by atoms with E-state index in [9.17, 15) is 26.4 Å². The van der Waals surface area contributed by atoms with Crippen LogP contribution in [0.1, 0.15) is 33.6 Å². The minimum atomic E-state index is -5.59. The summed E-state index contributed by atoms with van der Waals surface area (Å²) in [5.41, 5.74) is -1.02. The van der Waals surface area contributed by atoms with Gasteiger partial charge in [-0.1, -0.05) is 13.3 Å². The van der Waals surface area contributed by atoms with Gasteiger partial charge < -0.3 is 10.6 Å². The van der Waals surface area contributed by atoms with E-state index in [0.29, 0.717) is 12.8 Å². The number of allylic oxidation sites excluding steroid dienone is 2. The molecule has 0 heterocycles. The Hall–Kier alpha value is -1.75. The molecule has 0 atom stereocenters. The van der Waals surface area contributed by atoms with Crippen molar-refractivity contribution in [2.45, 2.75) is 39.1 Å². The fourth-order valence-electron chi connectivity index (χ4n) is 1.51. The van der Waals surface area contributed by atoms with Crippen LogP contribution in [-0.4, -0.2) is 37.0 Å². The highest BCUT2D eigenvalue weighted by atomic mass is 32.2. The summed E-state index contributed by atoms with van der Waals surface area (Å²) in [6.45, 7) is 3.63. The van der Waals surface area contributed by atoms with E-state index < -0.39 is 37.4 Å². The van der Waals surface area contributed by atoms with Gasteiger partial charge in [0.25, 0.3) is 15.7 Å². The zero-order chi connectivity index (χ0) is 18.4. The molecule has 7 nitrogen and oxygen atoms in total. The molecule has 0 spiro atoms. The van der Waals surface area contributed by atoms with Gasteiger partial charge in [-0.25, -0.2) is 13.7 Å². The number of unbranched alkanes of at least 4 members (excludes halogenated alkanes) is 1. The molecular formula is C12H19F3N2O5S. The van der Waals surface area contributed by atoms with Crippen LogP contribution in [0.25, 0.3) is 0 Å². The molecule has 0 radical (unpaired) electrons. The molecule has 134 valence electrons. The topological polar surface area (TPSA) is 110 Å². The molecule has 11 heteroatoms. The highest BCUT2D eigenvalue weighted by molar-refractivity contribution is 7.96. The molecule has 0 saturated carbocycles. The van der Waals surface area contributed by atoms with Crippen molar-refractivity contribution in [2.24, 2.45) is 5.73 Å². The molecular weight excluding hydrogens is 341 g/mol. The summed E-state index contributed by atoms with van der Waals surface area (Å²) in [7, 11) is -5.59. The average molecular weight is 360 g/mol. The van der Waals surface area contributed by atoms with Crippen LogP contribution < -0.4 is 5.73 Å². The maximum Gasteiger partial charge on any atom is 0.501 e. The van der Waals surface area contributed by atoms with Crippen LogP contribution in [0.4, 0.5) is 13.2 Å². The van der Waals surface area contributed by atoms with E-state index in [0.717, 1.165) is 18.7 Å². The Bertz CT molecular complexity index is 596. The number of carbonyl (C=O) groups is 1. The number of alkyl halides is 3. The summed E-state index contributed by atoms with van der Waals surface area (Å²) in [6, 6.07) is 0. The van der Waals surface area contributed by atoms with Crippen LogP contribution in [0.2, 0.25) is 0 Å². The SMILES string of the molecule is CCCCN(C=O)/C(OO)=C(N)\C(C)=C(/C)S(=O)(=O)C(F)(F)F. The third-order valence-corrected chi connectivity index (χ3v) is 4.82. The van der Waals surface area contributed by atoms with E-state index in [2.05, 4.69) is 4.89 Å². The normalized spacial score (nSPS) is 14.7. The van der Waals surface area contributed by atoms with E-state index >= 15 is 0 Å². The maximum absolute atomic E-state index is 12.6. The Balaban J connectivity index is 6.05. The number of sulfone groups is 1. The number of hydrogen-bond acceptors (Lipinski definition) is 6. The summed E-state index contributed by atoms with van der Waals surface area (Å²) in [6.07, 6.45) is 1.44. The smallest absolute Gasteiger partial charge is 0.394 e. The van der Waals surface area contributed by atoms with Crippen LogP contribution in [0, 0.1) is 0 Å². The minimum absolute atomic E-state index is 0.0783. The molecule has 1 amide bonds. The quantitative estimate of drug-likeness (QED) is 0.225. The molecule has 0 aliphatic carbocycles. The fraction of sp³-hybridized carbons (Fsp3) is 0.583. The fourth-order valence-corrected chi connectivity index (χ4v) is 2.37. The van der Waals surface area contributed by atoms with Gasteiger partial charge in [0.05, 0.1) is 4.91 Å². The van der Waals surface area contributed by atoms with Gasteiger partial charge in [0, 0.05) is 6.54 Å². The molecule has 0 aliphatic heterocycles. The van der Waals surface area contributed by atoms with Gasteiger partial charge in [-0.2, -0.15) is 13.2 Å². The summed E-state index contributed by atoms with van der Waals surface area (Å²) >= 11 is 0. The number of nitrogens with zero attached hydrogens (tertiary/aromatic N) is 1. The van der Waals surface area contributed by atoms with Crippen molar-refractivity contribution in [2.75, 3.05) is 6.54 Å².